The molecule has 3 aromatic rings. The van der Waals surface area contributed by atoms with Crippen molar-refractivity contribution < 1.29 is 23.9 Å². The van der Waals surface area contributed by atoms with Gasteiger partial charge >= 0.3 is 11.8 Å². The van der Waals surface area contributed by atoms with Crippen molar-refractivity contribution in [1.82, 2.24) is 18.9 Å². The normalized spacial score (nSPS) is 26.2. The van der Waals surface area contributed by atoms with Gasteiger partial charge in [0.25, 0.3) is 5.91 Å². The van der Waals surface area contributed by atoms with Gasteiger partial charge in [-0.05, 0) is 80.7 Å². The highest BCUT2D eigenvalue weighted by Crippen LogP contribution is 2.55. The molecular formula is C34H41N5O6. The maximum Gasteiger partial charge on any atom is 0.410 e. The number of aromatic nitrogens is 2. The molecule has 1 aromatic heterocycles. The first kappa shape index (κ1) is 29.4. The minimum atomic E-state index is -0.764. The smallest absolute Gasteiger partial charge is 0.410 e. The van der Waals surface area contributed by atoms with E-state index in [4.69, 9.17) is 9.47 Å². The van der Waals surface area contributed by atoms with Crippen molar-refractivity contribution in [3.63, 3.8) is 0 Å². The lowest BCUT2D eigenvalue weighted by molar-refractivity contribution is -0.151. The number of carbonyl (C=O) groups is 3. The summed E-state index contributed by atoms with van der Waals surface area (Å²) in [4.78, 5) is 58.8. The Kier molecular flexibility index (Phi) is 6.98. The number of para-hydroxylation sites is 1. The number of benzene rings is 2. The summed E-state index contributed by atoms with van der Waals surface area (Å²) in [6, 6.07) is 12.4. The molecule has 4 aliphatic rings. The van der Waals surface area contributed by atoms with E-state index in [-0.39, 0.29) is 43.0 Å². The summed E-state index contributed by atoms with van der Waals surface area (Å²) in [6.07, 6.45) is 0.244. The minimum Gasteiger partial charge on any atom is -0.497 e. The van der Waals surface area contributed by atoms with Gasteiger partial charge in [0.05, 0.1) is 30.4 Å². The van der Waals surface area contributed by atoms with Gasteiger partial charge in [-0.25, -0.2) is 9.59 Å². The number of fused-ring (bicyclic) bond motifs is 5. The lowest BCUT2D eigenvalue weighted by atomic mass is 9.60. The van der Waals surface area contributed by atoms with Gasteiger partial charge in [-0.15, -0.1) is 0 Å². The van der Waals surface area contributed by atoms with Crippen molar-refractivity contribution in [2.75, 3.05) is 38.2 Å². The first-order valence-corrected chi connectivity index (χ1v) is 15.8. The van der Waals surface area contributed by atoms with Crippen LogP contribution in [0, 0.1) is 23.7 Å². The highest BCUT2D eigenvalue weighted by Gasteiger charge is 2.59. The van der Waals surface area contributed by atoms with E-state index in [1.807, 2.05) is 49.9 Å². The molecule has 0 spiro atoms. The number of hydrogen-bond acceptors (Lipinski definition) is 7. The summed E-state index contributed by atoms with van der Waals surface area (Å²) >= 11 is 0. The van der Waals surface area contributed by atoms with Crippen molar-refractivity contribution in [2.24, 2.45) is 30.7 Å². The fourth-order valence-electron chi connectivity index (χ4n) is 8.16. The molecule has 5 atom stereocenters. The molecule has 3 amide bonds. The monoisotopic (exact) mass is 615 g/mol. The molecule has 0 N–H and O–H groups in total. The number of hydrogen-bond donors (Lipinski definition) is 0. The maximum absolute atomic E-state index is 13.8. The van der Waals surface area contributed by atoms with Gasteiger partial charge in [0.2, 0.25) is 5.91 Å². The van der Waals surface area contributed by atoms with Crippen molar-refractivity contribution in [1.29, 1.82) is 0 Å². The Morgan fingerprint density at radius 1 is 0.911 bits per heavy atom. The highest BCUT2D eigenvalue weighted by atomic mass is 16.6. The number of rotatable bonds is 5. The van der Waals surface area contributed by atoms with Crippen LogP contribution in [0.2, 0.25) is 0 Å². The number of anilines is 1. The quantitative estimate of drug-likeness (QED) is 0.402. The first-order chi connectivity index (χ1) is 21.4. The van der Waals surface area contributed by atoms with Crippen molar-refractivity contribution in [2.45, 2.75) is 51.8 Å². The molecule has 45 heavy (non-hydrogen) atoms. The number of aryl methyl sites for hydroxylation is 1. The standard InChI is InChI=1S/C34H41N5O6/c1-34(2,3)45-33(43)37-18-24-22-16-36(17-23(22)25(24)19-37)26-7-6-8-27-30(26)35(4)32(42)39(27)28-13-14-29(40)38(31(28)41)15-20-9-11-21(44-5)12-10-20/h6-12,22-25,28H,13-19H2,1-5H3/t22-,23+,24+,25-,28?. The third-order valence-corrected chi connectivity index (χ3v) is 10.3. The zero-order valence-corrected chi connectivity index (χ0v) is 26.6. The van der Waals surface area contributed by atoms with Gasteiger partial charge in [0, 0.05) is 39.6 Å². The minimum absolute atomic E-state index is 0.146. The number of imide groups is 1. The van der Waals surface area contributed by atoms with Crippen molar-refractivity contribution >= 4 is 34.6 Å². The Labute approximate surface area is 262 Å². The number of piperidine rings is 1. The molecule has 0 radical (unpaired) electrons. The lowest BCUT2D eigenvalue weighted by Gasteiger charge is -2.42. The van der Waals surface area contributed by atoms with E-state index in [1.165, 1.54) is 4.90 Å². The number of likely N-dealkylation sites (tertiary alicyclic amines) is 2. The molecular weight excluding hydrogens is 574 g/mol. The number of methoxy groups -OCH3 is 1. The van der Waals surface area contributed by atoms with E-state index in [1.54, 1.807) is 35.4 Å². The summed E-state index contributed by atoms with van der Waals surface area (Å²) in [5, 5.41) is 0. The molecule has 4 fully saturated rings. The predicted octanol–water partition coefficient (Wildman–Crippen LogP) is 3.79. The number of carbonyl (C=O) groups excluding carboxylic acids is 3. The number of imidazole rings is 1. The zero-order valence-electron chi connectivity index (χ0n) is 26.6. The number of nitrogens with zero attached hydrogens (tertiary/aromatic N) is 5. The van der Waals surface area contributed by atoms with Gasteiger partial charge in [-0.1, -0.05) is 18.2 Å². The van der Waals surface area contributed by atoms with E-state index in [0.717, 1.165) is 42.9 Å². The molecule has 7 rings (SSSR count). The summed E-state index contributed by atoms with van der Waals surface area (Å²) in [5.74, 6) is 1.97. The SMILES string of the molecule is COc1ccc(CN2C(=O)CCC(n3c(=O)n(C)c4c(N5C[C@@H]6[C@H]7CN(C(=O)OC(C)(C)C)C[C@H]7[C@@H]6C5)cccc43)C2=O)cc1. The van der Waals surface area contributed by atoms with E-state index < -0.39 is 11.6 Å². The van der Waals surface area contributed by atoms with Crippen LogP contribution in [0.15, 0.2) is 47.3 Å². The molecule has 3 aliphatic heterocycles. The predicted molar refractivity (Wildman–Crippen MR) is 168 cm³/mol. The molecule has 1 aliphatic carbocycles. The number of amides is 3. The number of ether oxygens (including phenoxy) is 2. The Bertz CT molecular complexity index is 1720. The molecule has 238 valence electrons. The molecule has 3 saturated heterocycles. The van der Waals surface area contributed by atoms with Gasteiger partial charge in [0.15, 0.2) is 0 Å². The van der Waals surface area contributed by atoms with Crippen LogP contribution in [0.4, 0.5) is 10.5 Å². The van der Waals surface area contributed by atoms with Crippen LogP contribution in [0.25, 0.3) is 11.0 Å². The second-order valence-corrected chi connectivity index (χ2v) is 14.0. The molecule has 11 nitrogen and oxygen atoms in total. The van der Waals surface area contributed by atoms with E-state index in [0.29, 0.717) is 34.9 Å². The Hall–Kier alpha value is -4.28. The van der Waals surface area contributed by atoms with Crippen LogP contribution in [0.5, 0.6) is 5.75 Å². The van der Waals surface area contributed by atoms with Crippen LogP contribution in [-0.4, -0.2) is 75.7 Å². The van der Waals surface area contributed by atoms with Gasteiger partial charge in [0.1, 0.15) is 17.4 Å². The fraction of sp³-hybridized carbons (Fsp3) is 0.529. The summed E-state index contributed by atoms with van der Waals surface area (Å²) in [6.45, 7) is 9.00. The molecule has 2 aromatic carbocycles. The Morgan fingerprint density at radius 2 is 1.56 bits per heavy atom. The lowest BCUT2D eigenvalue weighted by Crippen LogP contribution is -2.47. The third-order valence-electron chi connectivity index (χ3n) is 10.3. The van der Waals surface area contributed by atoms with Gasteiger partial charge in [-0.2, -0.15) is 0 Å². The van der Waals surface area contributed by atoms with Crippen molar-refractivity contribution in [3.8, 4) is 5.75 Å². The summed E-state index contributed by atoms with van der Waals surface area (Å²) in [7, 11) is 3.35. The van der Waals surface area contributed by atoms with Crippen LogP contribution in [0.1, 0.15) is 45.2 Å². The summed E-state index contributed by atoms with van der Waals surface area (Å²) < 4.78 is 14.1. The third kappa shape index (κ3) is 4.87. The second kappa shape index (κ2) is 10.7. The van der Waals surface area contributed by atoms with Crippen LogP contribution in [-0.2, 0) is 27.9 Å². The van der Waals surface area contributed by atoms with E-state index >= 15 is 0 Å². The van der Waals surface area contributed by atoms with E-state index in [9.17, 15) is 19.2 Å². The largest absolute Gasteiger partial charge is 0.497 e. The Morgan fingerprint density at radius 3 is 2.18 bits per heavy atom. The first-order valence-electron chi connectivity index (χ1n) is 15.8. The highest BCUT2D eigenvalue weighted by molar-refractivity contribution is 6.00. The van der Waals surface area contributed by atoms with Crippen LogP contribution < -0.4 is 15.3 Å². The zero-order chi connectivity index (χ0) is 31.8. The average molecular weight is 616 g/mol. The average Bonchev–Trinajstić information content (AvgIpc) is 3.65. The molecule has 4 heterocycles. The molecule has 11 heteroatoms. The maximum atomic E-state index is 13.8. The van der Waals surface area contributed by atoms with E-state index in [2.05, 4.69) is 11.0 Å². The Balaban J connectivity index is 1.12. The van der Waals surface area contributed by atoms with Gasteiger partial charge < -0.3 is 19.3 Å². The molecule has 1 saturated carbocycles. The molecule has 1 unspecified atom stereocenters. The second-order valence-electron chi connectivity index (χ2n) is 14.0. The van der Waals surface area contributed by atoms with Crippen LogP contribution >= 0.6 is 0 Å². The molecule has 0 bridgehead atoms. The summed E-state index contributed by atoms with van der Waals surface area (Å²) in [5.41, 5.74) is 2.53. The van der Waals surface area contributed by atoms with Crippen LogP contribution in [0.3, 0.4) is 0 Å². The fourth-order valence-corrected chi connectivity index (χ4v) is 8.16. The topological polar surface area (TPSA) is 106 Å². The van der Waals surface area contributed by atoms with Crippen molar-refractivity contribution in [3.05, 3.63) is 58.5 Å². The van der Waals surface area contributed by atoms with Gasteiger partial charge in [-0.3, -0.25) is 23.6 Å².